The normalized spacial score (nSPS) is 21.8. The number of alkyl halides is 2. The Balaban J connectivity index is 2.29. The molecule has 1 aromatic heterocycles. The molecule has 0 bridgehead atoms. The van der Waals surface area contributed by atoms with Crippen LogP contribution in [0.5, 0.6) is 0 Å². The summed E-state index contributed by atoms with van der Waals surface area (Å²) in [6.07, 6.45) is 3.58. The van der Waals surface area contributed by atoms with Crippen molar-refractivity contribution in [3.05, 3.63) is 11.4 Å². The molecule has 0 radical (unpaired) electrons. The third-order valence-electron chi connectivity index (χ3n) is 2.58. The maximum atomic E-state index is 4.28. The number of halogens is 2. The van der Waals surface area contributed by atoms with Crippen LogP contribution in [0.4, 0.5) is 0 Å². The second-order valence-corrected chi connectivity index (χ2v) is 8.63. The van der Waals surface area contributed by atoms with Crippen molar-refractivity contribution in [2.75, 3.05) is 8.86 Å². The first-order chi connectivity index (χ1) is 7.08. The monoisotopic (exact) mass is 432 g/mol. The Hall–Kier alpha value is 0.600. The summed E-state index contributed by atoms with van der Waals surface area (Å²) in [7, 11) is 0. The van der Waals surface area contributed by atoms with Crippen molar-refractivity contribution < 1.29 is 21.2 Å². The van der Waals surface area contributed by atoms with Gasteiger partial charge in [-0.25, -0.2) is 0 Å². The van der Waals surface area contributed by atoms with Crippen molar-refractivity contribution >= 4 is 22.9 Å². The molecule has 5 heteroatoms. The summed E-state index contributed by atoms with van der Waals surface area (Å²) in [6, 6.07) is 0. The minimum atomic E-state index is 0.408. The van der Waals surface area contributed by atoms with Crippen LogP contribution in [-0.4, -0.2) is 22.1 Å². The summed E-state index contributed by atoms with van der Waals surface area (Å²) >= 11 is 2.66. The van der Waals surface area contributed by atoms with Gasteiger partial charge in [0.2, 0.25) is 0 Å². The Morgan fingerprint density at radius 2 is 2.27 bits per heavy atom. The molecule has 0 aromatic carbocycles. The van der Waals surface area contributed by atoms with Crippen molar-refractivity contribution in [3.63, 3.8) is 0 Å². The fraction of sp³-hybridized carbons (Fsp3) is 0.800. The Bertz CT molecular complexity index is 346. The van der Waals surface area contributed by atoms with Gasteiger partial charge in [-0.05, 0) is 0 Å². The van der Waals surface area contributed by atoms with Crippen molar-refractivity contribution in [1.82, 2.24) is 13.2 Å². The third-order valence-corrected chi connectivity index (χ3v) is 7.49. The number of rotatable bonds is 0. The van der Waals surface area contributed by atoms with E-state index in [-0.39, 0.29) is 0 Å². The average molecular weight is 432 g/mol. The van der Waals surface area contributed by atoms with Gasteiger partial charge in [0.05, 0.1) is 0 Å². The summed E-state index contributed by atoms with van der Waals surface area (Å²) in [6.45, 7) is 4.76. The minimum absolute atomic E-state index is 0.408. The van der Waals surface area contributed by atoms with Gasteiger partial charge < -0.3 is 0 Å². The molecular formula is C10H16I2N3-. The topological polar surface area (TPSA) is 30.7 Å². The quantitative estimate of drug-likeness (QED) is 0.393. The van der Waals surface area contributed by atoms with E-state index < -0.39 is 0 Å². The molecule has 0 aliphatic carbocycles. The van der Waals surface area contributed by atoms with E-state index in [1.807, 2.05) is 2.90 Å². The molecule has 0 atom stereocenters. The van der Waals surface area contributed by atoms with Crippen LogP contribution in [0.15, 0.2) is 0 Å². The number of hydrogen-bond acceptors (Lipinski definition) is 2. The van der Waals surface area contributed by atoms with Gasteiger partial charge in [0.1, 0.15) is 0 Å². The van der Waals surface area contributed by atoms with E-state index in [1.54, 1.807) is 0 Å². The number of hydrogen-bond donors (Lipinski definition) is 0. The number of aromatic nitrogens is 3. The van der Waals surface area contributed by atoms with E-state index in [0.717, 1.165) is 12.8 Å². The van der Waals surface area contributed by atoms with Crippen LogP contribution >= 0.6 is 22.9 Å². The zero-order chi connectivity index (χ0) is 10.9. The zero-order valence-corrected chi connectivity index (χ0v) is 13.4. The first-order valence-corrected chi connectivity index (χ1v) is 9.23. The first-order valence-electron chi connectivity index (χ1n) is 5.21. The molecule has 0 N–H and O–H groups in total. The fourth-order valence-corrected chi connectivity index (χ4v) is 5.40. The summed E-state index contributed by atoms with van der Waals surface area (Å²) in [5, 5.41) is 8.42. The van der Waals surface area contributed by atoms with Crippen LogP contribution in [0.25, 0.3) is 0 Å². The van der Waals surface area contributed by atoms with Crippen LogP contribution in [0.1, 0.15) is 31.7 Å². The van der Waals surface area contributed by atoms with Gasteiger partial charge in [-0.1, -0.05) is 0 Å². The predicted molar refractivity (Wildman–Crippen MR) is 65.0 cm³/mol. The number of fused-ring (bicyclic) bond motifs is 1. The van der Waals surface area contributed by atoms with Gasteiger partial charge in [-0.15, -0.1) is 0 Å². The standard InChI is InChI=1S/C10H16I2N3/c1-10(2)6-9-8(13-14-15(9)11)4-3-5-12-7-10/h3-7H2,1-2H3/q-1. The molecular weight excluding hydrogens is 416 g/mol. The Labute approximate surface area is 115 Å². The molecule has 2 rings (SSSR count). The molecule has 15 heavy (non-hydrogen) atoms. The van der Waals surface area contributed by atoms with Crippen LogP contribution in [0.2, 0.25) is 0 Å². The van der Waals surface area contributed by atoms with E-state index in [2.05, 4.69) is 47.0 Å². The summed E-state index contributed by atoms with van der Waals surface area (Å²) in [4.78, 5) is 0. The molecule has 1 aromatic rings. The van der Waals surface area contributed by atoms with Crippen LogP contribution < -0.4 is 21.2 Å². The zero-order valence-electron chi connectivity index (χ0n) is 9.13. The average Bonchev–Trinajstić information content (AvgIpc) is 2.50. The Morgan fingerprint density at radius 1 is 1.47 bits per heavy atom. The predicted octanol–water partition coefficient (Wildman–Crippen LogP) is -0.920. The third kappa shape index (κ3) is 3.04. The molecule has 2 heterocycles. The molecule has 3 nitrogen and oxygen atoms in total. The second kappa shape index (κ2) is 4.85. The number of aryl methyl sites for hydroxylation is 1. The summed E-state index contributed by atoms with van der Waals surface area (Å²) < 4.78 is 4.81. The molecule has 0 saturated carbocycles. The van der Waals surface area contributed by atoms with Gasteiger partial charge in [0, 0.05) is 0 Å². The first kappa shape index (κ1) is 12.1. The van der Waals surface area contributed by atoms with Crippen LogP contribution in [0, 0.1) is 5.41 Å². The van der Waals surface area contributed by atoms with Gasteiger partial charge >= 0.3 is 116 Å². The van der Waals surface area contributed by atoms with Crippen LogP contribution in [0.3, 0.4) is 0 Å². The van der Waals surface area contributed by atoms with Gasteiger partial charge in [0.15, 0.2) is 0 Å². The van der Waals surface area contributed by atoms with Gasteiger partial charge in [0.25, 0.3) is 0 Å². The Morgan fingerprint density at radius 3 is 3.07 bits per heavy atom. The van der Waals surface area contributed by atoms with E-state index in [1.165, 1.54) is 26.7 Å². The van der Waals surface area contributed by atoms with E-state index in [4.69, 9.17) is 0 Å². The molecule has 1 aliphatic heterocycles. The van der Waals surface area contributed by atoms with E-state index in [0.29, 0.717) is 26.6 Å². The second-order valence-electron chi connectivity index (χ2n) is 4.80. The van der Waals surface area contributed by atoms with E-state index in [9.17, 15) is 0 Å². The molecule has 0 spiro atoms. The summed E-state index contributed by atoms with van der Waals surface area (Å²) in [5.74, 6) is 0. The van der Waals surface area contributed by atoms with E-state index >= 15 is 0 Å². The fourth-order valence-electron chi connectivity index (χ4n) is 1.82. The van der Waals surface area contributed by atoms with Crippen molar-refractivity contribution in [1.29, 1.82) is 0 Å². The number of nitrogens with zero attached hydrogens (tertiary/aromatic N) is 3. The van der Waals surface area contributed by atoms with Crippen molar-refractivity contribution in [2.45, 2.75) is 33.1 Å². The molecule has 0 amide bonds. The molecule has 0 fully saturated rings. The summed E-state index contributed by atoms with van der Waals surface area (Å²) in [5.41, 5.74) is 3.03. The molecule has 0 saturated heterocycles. The van der Waals surface area contributed by atoms with Gasteiger partial charge in [-0.3, -0.25) is 0 Å². The van der Waals surface area contributed by atoms with Crippen molar-refractivity contribution in [3.8, 4) is 0 Å². The molecule has 0 unspecified atom stereocenters. The maximum absolute atomic E-state index is 4.28. The Kier molecular flexibility index (Phi) is 3.90. The van der Waals surface area contributed by atoms with Crippen molar-refractivity contribution in [2.24, 2.45) is 5.41 Å². The van der Waals surface area contributed by atoms with Crippen LogP contribution in [-0.2, 0) is 12.8 Å². The van der Waals surface area contributed by atoms with Gasteiger partial charge in [-0.2, -0.15) is 0 Å². The molecule has 1 aliphatic rings. The SMILES string of the molecule is CC1(C)C[I-]CCCc2nnn(I)c2C1. The molecule has 86 valence electrons.